The fraction of sp³-hybridized carbons (Fsp3) is 0.450. The van der Waals surface area contributed by atoms with Crippen molar-refractivity contribution in [3.63, 3.8) is 0 Å². The Morgan fingerprint density at radius 3 is 2.34 bits per heavy atom. The van der Waals surface area contributed by atoms with Gasteiger partial charge in [-0.05, 0) is 31.0 Å². The van der Waals surface area contributed by atoms with Gasteiger partial charge in [0.15, 0.2) is 0 Å². The molecule has 9 nitrogen and oxygen atoms in total. The van der Waals surface area contributed by atoms with E-state index in [-0.39, 0.29) is 37.4 Å². The molecule has 0 bridgehead atoms. The predicted molar refractivity (Wildman–Crippen MR) is 106 cm³/mol. The maximum atomic E-state index is 11.9. The number of anilines is 1. The van der Waals surface area contributed by atoms with Crippen molar-refractivity contribution in [3.05, 3.63) is 29.8 Å². The number of amides is 3. The lowest BCUT2D eigenvalue weighted by molar-refractivity contribution is -0.128. The Morgan fingerprint density at radius 2 is 1.69 bits per heavy atom. The molecule has 0 saturated carbocycles. The first kappa shape index (κ1) is 24.0. The van der Waals surface area contributed by atoms with Crippen molar-refractivity contribution < 1.29 is 28.7 Å². The molecule has 0 aromatic heterocycles. The molecule has 0 aliphatic rings. The molecule has 0 fully saturated rings. The van der Waals surface area contributed by atoms with E-state index in [4.69, 9.17) is 4.74 Å². The van der Waals surface area contributed by atoms with Gasteiger partial charge >= 0.3 is 0 Å². The van der Waals surface area contributed by atoms with Crippen LogP contribution in [0, 0.1) is 0 Å². The molecule has 9 heteroatoms. The standard InChI is InChI=1S/C20H27N3O6/c1-15(25)11-18(26)12-16-3-5-17(6-4-16)23-20(28)13-19(27)22-8-10-29-9-2-7-21-14-24/h3-6,14H,2,7-13H2,1H3,(H,21,24)(H,22,27)(H,23,28). The van der Waals surface area contributed by atoms with Crippen LogP contribution in [-0.2, 0) is 35.1 Å². The van der Waals surface area contributed by atoms with Crippen LogP contribution in [0.4, 0.5) is 5.69 Å². The van der Waals surface area contributed by atoms with Crippen molar-refractivity contribution in [3.8, 4) is 0 Å². The molecule has 0 radical (unpaired) electrons. The maximum absolute atomic E-state index is 11.9. The third kappa shape index (κ3) is 12.1. The topological polar surface area (TPSA) is 131 Å². The highest BCUT2D eigenvalue weighted by Crippen LogP contribution is 2.11. The van der Waals surface area contributed by atoms with Crippen molar-refractivity contribution in [2.45, 2.75) is 32.6 Å². The van der Waals surface area contributed by atoms with E-state index in [1.54, 1.807) is 24.3 Å². The molecule has 0 aliphatic heterocycles. The molecule has 3 N–H and O–H groups in total. The van der Waals surface area contributed by atoms with E-state index in [2.05, 4.69) is 16.0 Å². The van der Waals surface area contributed by atoms with E-state index in [0.29, 0.717) is 38.3 Å². The van der Waals surface area contributed by atoms with Crippen LogP contribution in [0.2, 0.25) is 0 Å². The Hall–Kier alpha value is -3.07. The first-order valence-electron chi connectivity index (χ1n) is 9.32. The molecule has 29 heavy (non-hydrogen) atoms. The van der Waals surface area contributed by atoms with Gasteiger partial charge in [-0.1, -0.05) is 12.1 Å². The number of hydrogen-bond acceptors (Lipinski definition) is 6. The zero-order chi connectivity index (χ0) is 21.5. The number of rotatable bonds is 15. The van der Waals surface area contributed by atoms with Gasteiger partial charge in [-0.25, -0.2) is 0 Å². The Kier molecular flexibility index (Phi) is 11.6. The first-order chi connectivity index (χ1) is 13.9. The molecule has 0 heterocycles. The zero-order valence-corrected chi connectivity index (χ0v) is 16.5. The summed E-state index contributed by atoms with van der Waals surface area (Å²) in [6.45, 7) is 2.98. The molecule has 0 aliphatic carbocycles. The highest BCUT2D eigenvalue weighted by atomic mass is 16.5. The molecule has 1 aromatic carbocycles. The number of carbonyl (C=O) groups excluding carboxylic acids is 5. The second-order valence-electron chi connectivity index (χ2n) is 6.40. The number of carbonyl (C=O) groups is 5. The summed E-state index contributed by atoms with van der Waals surface area (Å²) in [6, 6.07) is 6.66. The van der Waals surface area contributed by atoms with Gasteiger partial charge in [-0.15, -0.1) is 0 Å². The summed E-state index contributed by atoms with van der Waals surface area (Å²) >= 11 is 0. The molecule has 1 rings (SSSR count). The van der Waals surface area contributed by atoms with Crippen molar-refractivity contribution in [2.75, 3.05) is 31.6 Å². The van der Waals surface area contributed by atoms with Gasteiger partial charge < -0.3 is 20.7 Å². The van der Waals surface area contributed by atoms with Crippen LogP contribution in [0.1, 0.15) is 31.7 Å². The number of ketones is 2. The molecule has 0 spiro atoms. The molecule has 0 atom stereocenters. The molecular weight excluding hydrogens is 378 g/mol. The van der Waals surface area contributed by atoms with Crippen molar-refractivity contribution in [2.24, 2.45) is 0 Å². The highest BCUT2D eigenvalue weighted by Gasteiger charge is 2.10. The average molecular weight is 405 g/mol. The molecule has 3 amide bonds. The zero-order valence-electron chi connectivity index (χ0n) is 16.5. The van der Waals surface area contributed by atoms with Crippen molar-refractivity contribution >= 4 is 35.5 Å². The summed E-state index contributed by atoms with van der Waals surface area (Å²) < 4.78 is 5.28. The van der Waals surface area contributed by atoms with Gasteiger partial charge in [0, 0.05) is 31.8 Å². The highest BCUT2D eigenvalue weighted by molar-refractivity contribution is 6.03. The summed E-state index contributed by atoms with van der Waals surface area (Å²) in [5.74, 6) is -1.20. The molecule has 158 valence electrons. The van der Waals surface area contributed by atoms with E-state index in [1.807, 2.05) is 0 Å². The number of ether oxygens (including phenoxy) is 1. The number of Topliss-reactive ketones (excluding diaryl/α,β-unsaturated/α-hetero) is 2. The second-order valence-corrected chi connectivity index (χ2v) is 6.40. The summed E-state index contributed by atoms with van der Waals surface area (Å²) in [6.07, 6.45) is 1.06. The number of hydrogen-bond donors (Lipinski definition) is 3. The Morgan fingerprint density at radius 1 is 0.966 bits per heavy atom. The van der Waals surface area contributed by atoms with Crippen LogP contribution in [0.5, 0.6) is 0 Å². The fourth-order valence-corrected chi connectivity index (χ4v) is 2.39. The van der Waals surface area contributed by atoms with Crippen LogP contribution < -0.4 is 16.0 Å². The van der Waals surface area contributed by atoms with E-state index in [1.165, 1.54) is 6.92 Å². The molecule has 0 saturated heterocycles. The smallest absolute Gasteiger partial charge is 0.233 e. The minimum absolute atomic E-state index is 0.0873. The quantitative estimate of drug-likeness (QED) is 0.220. The lowest BCUT2D eigenvalue weighted by Gasteiger charge is -2.08. The van der Waals surface area contributed by atoms with E-state index >= 15 is 0 Å². The Labute approximate surface area is 169 Å². The van der Waals surface area contributed by atoms with Crippen LogP contribution in [0.3, 0.4) is 0 Å². The molecular formula is C20H27N3O6. The van der Waals surface area contributed by atoms with Gasteiger partial charge in [0.05, 0.1) is 13.0 Å². The summed E-state index contributed by atoms with van der Waals surface area (Å²) in [5.41, 5.74) is 1.26. The third-order valence-electron chi connectivity index (χ3n) is 3.67. The van der Waals surface area contributed by atoms with Crippen LogP contribution in [-0.4, -0.2) is 56.1 Å². The molecule has 0 unspecified atom stereocenters. The first-order valence-corrected chi connectivity index (χ1v) is 9.32. The van der Waals surface area contributed by atoms with Crippen LogP contribution >= 0.6 is 0 Å². The maximum Gasteiger partial charge on any atom is 0.233 e. The normalized spacial score (nSPS) is 10.1. The summed E-state index contributed by atoms with van der Waals surface area (Å²) in [4.78, 5) is 56.3. The van der Waals surface area contributed by atoms with Gasteiger partial charge in [-0.2, -0.15) is 0 Å². The van der Waals surface area contributed by atoms with Gasteiger partial charge in [0.1, 0.15) is 18.0 Å². The average Bonchev–Trinajstić information content (AvgIpc) is 2.64. The fourth-order valence-electron chi connectivity index (χ4n) is 2.39. The number of nitrogens with one attached hydrogen (secondary N) is 3. The van der Waals surface area contributed by atoms with E-state index < -0.39 is 11.8 Å². The summed E-state index contributed by atoms with van der Waals surface area (Å²) in [5, 5.41) is 7.71. The molecule has 1 aromatic rings. The minimum atomic E-state index is -0.455. The second kappa shape index (κ2) is 14.0. The Bertz CT molecular complexity index is 703. The van der Waals surface area contributed by atoms with E-state index in [9.17, 15) is 24.0 Å². The SMILES string of the molecule is CC(=O)CC(=O)Cc1ccc(NC(=O)CC(=O)NCCOCCCNC=O)cc1. The van der Waals surface area contributed by atoms with Crippen molar-refractivity contribution in [1.82, 2.24) is 10.6 Å². The Balaban J connectivity index is 2.23. The largest absolute Gasteiger partial charge is 0.380 e. The number of benzene rings is 1. The van der Waals surface area contributed by atoms with Gasteiger partial charge in [0.25, 0.3) is 0 Å². The van der Waals surface area contributed by atoms with Crippen LogP contribution in [0.25, 0.3) is 0 Å². The summed E-state index contributed by atoms with van der Waals surface area (Å²) in [7, 11) is 0. The predicted octanol–water partition coefficient (Wildman–Crippen LogP) is 0.375. The lowest BCUT2D eigenvalue weighted by Crippen LogP contribution is -2.30. The van der Waals surface area contributed by atoms with Gasteiger partial charge in [0.2, 0.25) is 18.2 Å². The lowest BCUT2D eigenvalue weighted by atomic mass is 10.1. The van der Waals surface area contributed by atoms with Gasteiger partial charge in [-0.3, -0.25) is 24.0 Å². The monoisotopic (exact) mass is 405 g/mol. The third-order valence-corrected chi connectivity index (χ3v) is 3.67. The van der Waals surface area contributed by atoms with E-state index in [0.717, 1.165) is 5.56 Å². The van der Waals surface area contributed by atoms with Crippen molar-refractivity contribution in [1.29, 1.82) is 0 Å². The van der Waals surface area contributed by atoms with Crippen LogP contribution in [0.15, 0.2) is 24.3 Å². The minimum Gasteiger partial charge on any atom is -0.380 e.